The van der Waals surface area contributed by atoms with Crippen LogP contribution in [-0.4, -0.2) is 5.11 Å². The molecule has 5 heteroatoms. The van der Waals surface area contributed by atoms with Crippen molar-refractivity contribution in [2.24, 2.45) is 0 Å². The minimum atomic E-state index is 0.0378. The molecule has 2 aromatic rings. The summed E-state index contributed by atoms with van der Waals surface area (Å²) in [6, 6.07) is 15.6. The first-order chi connectivity index (χ1) is 9.56. The van der Waals surface area contributed by atoms with Crippen LogP contribution in [0.25, 0.3) is 0 Å². The number of benzene rings is 2. The van der Waals surface area contributed by atoms with Crippen LogP contribution in [0.3, 0.4) is 0 Å². The molecular formula is C15H14BrClN2S. The summed E-state index contributed by atoms with van der Waals surface area (Å²) < 4.78 is 1.00. The van der Waals surface area contributed by atoms with E-state index in [0.717, 1.165) is 20.7 Å². The number of hydrogen-bond acceptors (Lipinski definition) is 1. The summed E-state index contributed by atoms with van der Waals surface area (Å²) >= 11 is 14.9. The van der Waals surface area contributed by atoms with Crippen molar-refractivity contribution in [3.05, 3.63) is 63.6 Å². The first-order valence-corrected chi connectivity index (χ1v) is 7.71. The van der Waals surface area contributed by atoms with E-state index in [0.29, 0.717) is 5.11 Å². The zero-order valence-electron chi connectivity index (χ0n) is 10.9. The summed E-state index contributed by atoms with van der Waals surface area (Å²) in [5.74, 6) is 0. The van der Waals surface area contributed by atoms with E-state index in [1.54, 1.807) is 0 Å². The summed E-state index contributed by atoms with van der Waals surface area (Å²) in [5, 5.41) is 7.67. The largest absolute Gasteiger partial charge is 0.356 e. The Morgan fingerprint density at radius 3 is 2.65 bits per heavy atom. The lowest BCUT2D eigenvalue weighted by molar-refractivity contribution is 0.723. The van der Waals surface area contributed by atoms with E-state index in [9.17, 15) is 0 Å². The molecule has 104 valence electrons. The van der Waals surface area contributed by atoms with Gasteiger partial charge in [0.05, 0.1) is 6.04 Å². The zero-order chi connectivity index (χ0) is 14.5. The van der Waals surface area contributed by atoms with Crippen molar-refractivity contribution in [3.63, 3.8) is 0 Å². The molecule has 2 N–H and O–H groups in total. The van der Waals surface area contributed by atoms with Crippen molar-refractivity contribution in [3.8, 4) is 0 Å². The molecule has 0 saturated heterocycles. The lowest BCUT2D eigenvalue weighted by Crippen LogP contribution is -2.31. The lowest BCUT2D eigenvalue weighted by Gasteiger charge is -2.18. The molecule has 0 amide bonds. The molecule has 0 radical (unpaired) electrons. The first-order valence-electron chi connectivity index (χ1n) is 6.14. The van der Waals surface area contributed by atoms with E-state index < -0.39 is 0 Å². The van der Waals surface area contributed by atoms with Gasteiger partial charge in [0.2, 0.25) is 0 Å². The van der Waals surface area contributed by atoms with Gasteiger partial charge in [-0.05, 0) is 49.0 Å². The normalized spacial score (nSPS) is 11.8. The molecule has 20 heavy (non-hydrogen) atoms. The molecule has 1 atom stereocenters. The maximum atomic E-state index is 6.17. The zero-order valence-corrected chi connectivity index (χ0v) is 14.0. The summed E-state index contributed by atoms with van der Waals surface area (Å²) in [4.78, 5) is 0. The van der Waals surface area contributed by atoms with Crippen LogP contribution in [0, 0.1) is 0 Å². The summed E-state index contributed by atoms with van der Waals surface area (Å²) in [6.45, 7) is 2.02. The molecule has 0 spiro atoms. The molecule has 0 bridgehead atoms. The smallest absolute Gasteiger partial charge is 0.171 e. The van der Waals surface area contributed by atoms with Gasteiger partial charge in [0, 0.05) is 15.2 Å². The minimum absolute atomic E-state index is 0.0378. The molecular weight excluding hydrogens is 356 g/mol. The molecule has 0 aliphatic heterocycles. The highest BCUT2D eigenvalue weighted by Crippen LogP contribution is 2.22. The molecule has 0 unspecified atom stereocenters. The second kappa shape index (κ2) is 7.07. The van der Waals surface area contributed by atoms with E-state index in [4.69, 9.17) is 23.8 Å². The summed E-state index contributed by atoms with van der Waals surface area (Å²) in [5.41, 5.74) is 1.95. The third kappa shape index (κ3) is 4.20. The van der Waals surface area contributed by atoms with Crippen molar-refractivity contribution >= 4 is 50.5 Å². The SMILES string of the molecule is C[C@@H](NC(=S)Nc1cccc(Br)c1)c1ccccc1Cl. The highest BCUT2D eigenvalue weighted by Gasteiger charge is 2.10. The van der Waals surface area contributed by atoms with Crippen LogP contribution in [0.15, 0.2) is 53.0 Å². The predicted molar refractivity (Wildman–Crippen MR) is 93.4 cm³/mol. The van der Waals surface area contributed by atoms with Gasteiger partial charge in [0.1, 0.15) is 0 Å². The van der Waals surface area contributed by atoms with Crippen LogP contribution in [0.1, 0.15) is 18.5 Å². The second-order valence-corrected chi connectivity index (χ2v) is 6.08. The Kier molecular flexibility index (Phi) is 5.40. The fourth-order valence-corrected chi connectivity index (χ4v) is 2.83. The average molecular weight is 370 g/mol. The summed E-state index contributed by atoms with van der Waals surface area (Å²) in [6.07, 6.45) is 0. The van der Waals surface area contributed by atoms with Crippen LogP contribution >= 0.6 is 39.7 Å². The topological polar surface area (TPSA) is 24.1 Å². The molecule has 0 aliphatic carbocycles. The van der Waals surface area contributed by atoms with Crippen molar-refractivity contribution in [1.82, 2.24) is 5.32 Å². The Bertz CT molecular complexity index is 618. The van der Waals surface area contributed by atoms with E-state index in [-0.39, 0.29) is 6.04 Å². The van der Waals surface area contributed by atoms with Gasteiger partial charge in [-0.3, -0.25) is 0 Å². The van der Waals surface area contributed by atoms with Gasteiger partial charge < -0.3 is 10.6 Å². The number of hydrogen-bond donors (Lipinski definition) is 2. The Morgan fingerprint density at radius 2 is 1.95 bits per heavy atom. The Balaban J connectivity index is 2.00. The van der Waals surface area contributed by atoms with Gasteiger partial charge in [-0.2, -0.15) is 0 Å². The molecule has 0 heterocycles. The van der Waals surface area contributed by atoms with Crippen LogP contribution in [0.5, 0.6) is 0 Å². The standard InChI is InChI=1S/C15H14BrClN2S/c1-10(13-7-2-3-8-14(13)17)18-15(20)19-12-6-4-5-11(16)9-12/h2-10H,1H3,(H2,18,19,20)/t10-/m1/s1. The average Bonchev–Trinajstić information content (AvgIpc) is 2.38. The van der Waals surface area contributed by atoms with Gasteiger partial charge in [0.25, 0.3) is 0 Å². The monoisotopic (exact) mass is 368 g/mol. The minimum Gasteiger partial charge on any atom is -0.356 e. The maximum absolute atomic E-state index is 6.17. The van der Waals surface area contributed by atoms with Gasteiger partial charge in [-0.15, -0.1) is 0 Å². The Morgan fingerprint density at radius 1 is 1.20 bits per heavy atom. The quantitative estimate of drug-likeness (QED) is 0.732. The molecule has 2 aromatic carbocycles. The molecule has 0 aromatic heterocycles. The van der Waals surface area contributed by atoms with E-state index >= 15 is 0 Å². The number of nitrogens with one attached hydrogen (secondary N) is 2. The maximum Gasteiger partial charge on any atom is 0.171 e. The van der Waals surface area contributed by atoms with Crippen LogP contribution in [0.4, 0.5) is 5.69 Å². The van der Waals surface area contributed by atoms with Gasteiger partial charge in [0.15, 0.2) is 5.11 Å². The third-order valence-electron chi connectivity index (χ3n) is 2.80. The summed E-state index contributed by atoms with van der Waals surface area (Å²) in [7, 11) is 0. The second-order valence-electron chi connectivity index (χ2n) is 4.35. The number of halogens is 2. The first kappa shape index (κ1) is 15.3. The Hall–Kier alpha value is -1.10. The fraction of sp³-hybridized carbons (Fsp3) is 0.133. The van der Waals surface area contributed by atoms with Crippen molar-refractivity contribution in [2.75, 3.05) is 5.32 Å². The van der Waals surface area contributed by atoms with E-state index in [2.05, 4.69) is 26.6 Å². The molecule has 0 fully saturated rings. The van der Waals surface area contributed by atoms with Gasteiger partial charge >= 0.3 is 0 Å². The van der Waals surface area contributed by atoms with Crippen LogP contribution in [-0.2, 0) is 0 Å². The predicted octanol–water partition coefficient (Wildman–Crippen LogP) is 5.15. The molecule has 0 saturated carbocycles. The fourth-order valence-electron chi connectivity index (χ4n) is 1.83. The number of rotatable bonds is 3. The molecule has 2 nitrogen and oxygen atoms in total. The van der Waals surface area contributed by atoms with Gasteiger partial charge in [-0.1, -0.05) is 51.8 Å². The van der Waals surface area contributed by atoms with Crippen LogP contribution in [0.2, 0.25) is 5.02 Å². The number of anilines is 1. The number of thiocarbonyl (C=S) groups is 1. The molecule has 0 aliphatic rings. The van der Waals surface area contributed by atoms with Crippen molar-refractivity contribution in [1.29, 1.82) is 0 Å². The van der Waals surface area contributed by atoms with Crippen molar-refractivity contribution in [2.45, 2.75) is 13.0 Å². The van der Waals surface area contributed by atoms with Crippen LogP contribution < -0.4 is 10.6 Å². The van der Waals surface area contributed by atoms with Crippen molar-refractivity contribution < 1.29 is 0 Å². The van der Waals surface area contributed by atoms with Gasteiger partial charge in [-0.25, -0.2) is 0 Å². The van der Waals surface area contributed by atoms with E-state index in [1.807, 2.05) is 55.5 Å². The third-order valence-corrected chi connectivity index (χ3v) is 3.86. The van der Waals surface area contributed by atoms with E-state index in [1.165, 1.54) is 0 Å². The highest BCUT2D eigenvalue weighted by atomic mass is 79.9. The highest BCUT2D eigenvalue weighted by molar-refractivity contribution is 9.10. The lowest BCUT2D eigenvalue weighted by atomic mass is 10.1. The Labute approximate surface area is 137 Å². The molecule has 2 rings (SSSR count).